The van der Waals surface area contributed by atoms with Crippen LogP contribution in [0.15, 0.2) is 24.3 Å². The van der Waals surface area contributed by atoms with Gasteiger partial charge in [0.15, 0.2) is 0 Å². The number of anilines is 1. The fourth-order valence-electron chi connectivity index (χ4n) is 2.58. The smallest absolute Gasteiger partial charge is 0.0368 e. The largest absolute Gasteiger partial charge is 0.369 e. The van der Waals surface area contributed by atoms with Gasteiger partial charge in [0.2, 0.25) is 0 Å². The maximum atomic E-state index is 6.03. The molecule has 0 bridgehead atoms. The van der Waals surface area contributed by atoms with E-state index in [1.54, 1.807) is 0 Å². The Hall–Kier alpha value is -1.02. The van der Waals surface area contributed by atoms with Crippen molar-refractivity contribution in [2.24, 2.45) is 11.7 Å². The van der Waals surface area contributed by atoms with Crippen LogP contribution in [-0.2, 0) is 6.42 Å². The molecule has 0 heterocycles. The van der Waals surface area contributed by atoms with Gasteiger partial charge in [-0.2, -0.15) is 0 Å². The summed E-state index contributed by atoms with van der Waals surface area (Å²) in [5, 5.41) is 0. The van der Waals surface area contributed by atoms with Crippen molar-refractivity contribution in [3.63, 3.8) is 0 Å². The molecule has 1 unspecified atom stereocenters. The molecule has 1 aliphatic carbocycles. The van der Waals surface area contributed by atoms with E-state index in [4.69, 9.17) is 5.73 Å². The Morgan fingerprint density at radius 3 is 2.35 bits per heavy atom. The first-order chi connectivity index (χ1) is 9.60. The highest BCUT2D eigenvalue weighted by Crippen LogP contribution is 2.32. The summed E-state index contributed by atoms with van der Waals surface area (Å²) in [6.07, 6.45) is 6.04. The second-order valence-electron chi connectivity index (χ2n) is 6.65. The molecule has 2 nitrogen and oxygen atoms in total. The molecule has 0 amide bonds. The van der Waals surface area contributed by atoms with Crippen LogP contribution in [0.4, 0.5) is 5.69 Å². The maximum absolute atomic E-state index is 6.03. The number of nitrogens with zero attached hydrogens (tertiary/aromatic N) is 1. The van der Waals surface area contributed by atoms with Gasteiger partial charge in [0.25, 0.3) is 0 Å². The zero-order valence-electron chi connectivity index (χ0n) is 13.3. The van der Waals surface area contributed by atoms with Gasteiger partial charge < -0.3 is 10.6 Å². The van der Waals surface area contributed by atoms with Crippen LogP contribution in [0.25, 0.3) is 0 Å². The van der Waals surface area contributed by atoms with E-state index in [1.807, 2.05) is 0 Å². The summed E-state index contributed by atoms with van der Waals surface area (Å²) in [5.41, 5.74) is 8.79. The van der Waals surface area contributed by atoms with E-state index >= 15 is 0 Å². The van der Waals surface area contributed by atoms with Crippen LogP contribution in [-0.4, -0.2) is 18.6 Å². The van der Waals surface area contributed by atoms with Crippen LogP contribution in [0.5, 0.6) is 0 Å². The van der Waals surface area contributed by atoms with Crippen molar-refractivity contribution in [3.8, 4) is 0 Å². The van der Waals surface area contributed by atoms with Crippen molar-refractivity contribution in [2.45, 2.75) is 65.0 Å². The average Bonchev–Trinajstić information content (AvgIpc) is 3.25. The quantitative estimate of drug-likeness (QED) is 0.777. The summed E-state index contributed by atoms with van der Waals surface area (Å²) in [6, 6.07) is 10.2. The molecule has 0 saturated heterocycles. The van der Waals surface area contributed by atoms with Gasteiger partial charge in [-0.15, -0.1) is 0 Å². The Kier molecular flexibility index (Phi) is 5.47. The number of rotatable bonds is 8. The van der Waals surface area contributed by atoms with Crippen LogP contribution in [0.3, 0.4) is 0 Å². The molecule has 0 aliphatic heterocycles. The zero-order chi connectivity index (χ0) is 14.5. The van der Waals surface area contributed by atoms with E-state index in [9.17, 15) is 0 Å². The summed E-state index contributed by atoms with van der Waals surface area (Å²) in [5.74, 6) is 0.776. The molecule has 1 aliphatic rings. The van der Waals surface area contributed by atoms with Crippen LogP contribution < -0.4 is 10.6 Å². The van der Waals surface area contributed by atoms with Gasteiger partial charge >= 0.3 is 0 Å². The van der Waals surface area contributed by atoms with E-state index in [2.05, 4.69) is 49.9 Å². The minimum absolute atomic E-state index is 0.293. The van der Waals surface area contributed by atoms with Crippen molar-refractivity contribution >= 4 is 5.69 Å². The monoisotopic (exact) mass is 274 g/mol. The number of hydrogen-bond donors (Lipinski definition) is 1. The van der Waals surface area contributed by atoms with Crippen molar-refractivity contribution in [3.05, 3.63) is 29.8 Å². The lowest BCUT2D eigenvalue weighted by Gasteiger charge is -2.26. The average molecular weight is 274 g/mol. The van der Waals surface area contributed by atoms with Gasteiger partial charge in [-0.1, -0.05) is 32.9 Å². The van der Waals surface area contributed by atoms with Crippen LogP contribution in [0.2, 0.25) is 0 Å². The predicted octanol–water partition coefficient (Wildman–Crippen LogP) is 3.98. The lowest BCUT2D eigenvalue weighted by atomic mass is 10.0. The molecular formula is C18H30N2. The standard InChI is InChI=1S/C18H30N2/c1-4-16(19)13-15-5-7-17(8-6-15)20(18-9-10-18)12-11-14(2)3/h5-8,14,16,18H,4,9-13,19H2,1-3H3. The van der Waals surface area contributed by atoms with Crippen LogP contribution in [0.1, 0.15) is 52.0 Å². The Balaban J connectivity index is 1.98. The highest BCUT2D eigenvalue weighted by molar-refractivity contribution is 5.49. The van der Waals surface area contributed by atoms with Crippen LogP contribution in [0, 0.1) is 5.92 Å². The van der Waals surface area contributed by atoms with Gasteiger partial charge in [-0.25, -0.2) is 0 Å². The Morgan fingerprint density at radius 2 is 1.85 bits per heavy atom. The van der Waals surface area contributed by atoms with Crippen LogP contribution >= 0.6 is 0 Å². The molecule has 1 atom stereocenters. The molecule has 1 aromatic carbocycles. The molecule has 2 N–H and O–H groups in total. The molecule has 0 aromatic heterocycles. The lowest BCUT2D eigenvalue weighted by Crippen LogP contribution is -2.27. The second kappa shape index (κ2) is 7.12. The Morgan fingerprint density at radius 1 is 1.20 bits per heavy atom. The number of nitrogens with two attached hydrogens (primary N) is 1. The summed E-state index contributed by atoms with van der Waals surface area (Å²) < 4.78 is 0. The molecular weight excluding hydrogens is 244 g/mol. The van der Waals surface area contributed by atoms with Gasteiger partial charge in [0.1, 0.15) is 0 Å². The normalized spacial score (nSPS) is 16.4. The Bertz CT molecular complexity index is 392. The summed E-state index contributed by atoms with van der Waals surface area (Å²) in [4.78, 5) is 2.60. The molecule has 1 aromatic rings. The molecule has 0 spiro atoms. The van der Waals surface area contributed by atoms with Gasteiger partial charge in [-0.05, 0) is 55.7 Å². The van der Waals surface area contributed by atoms with Crippen molar-refractivity contribution in [1.82, 2.24) is 0 Å². The number of hydrogen-bond acceptors (Lipinski definition) is 2. The fourth-order valence-corrected chi connectivity index (χ4v) is 2.58. The number of benzene rings is 1. The molecule has 1 fully saturated rings. The maximum Gasteiger partial charge on any atom is 0.0368 e. The first kappa shape index (κ1) is 15.4. The van der Waals surface area contributed by atoms with E-state index in [1.165, 1.54) is 37.1 Å². The van der Waals surface area contributed by atoms with Crippen molar-refractivity contribution < 1.29 is 0 Å². The third-order valence-electron chi connectivity index (χ3n) is 4.23. The SMILES string of the molecule is CCC(N)Cc1ccc(N(CCC(C)C)C2CC2)cc1. The minimum atomic E-state index is 0.293. The third kappa shape index (κ3) is 4.52. The third-order valence-corrected chi connectivity index (χ3v) is 4.23. The highest BCUT2D eigenvalue weighted by atomic mass is 15.2. The Labute approximate surface area is 124 Å². The molecule has 2 heteroatoms. The lowest BCUT2D eigenvalue weighted by molar-refractivity contribution is 0.570. The van der Waals surface area contributed by atoms with E-state index in [0.717, 1.165) is 24.8 Å². The van der Waals surface area contributed by atoms with E-state index < -0.39 is 0 Å². The topological polar surface area (TPSA) is 29.3 Å². The zero-order valence-corrected chi connectivity index (χ0v) is 13.3. The van der Waals surface area contributed by atoms with Gasteiger partial charge in [-0.3, -0.25) is 0 Å². The molecule has 20 heavy (non-hydrogen) atoms. The molecule has 112 valence electrons. The molecule has 1 saturated carbocycles. The van der Waals surface area contributed by atoms with E-state index in [0.29, 0.717) is 6.04 Å². The first-order valence-electron chi connectivity index (χ1n) is 8.21. The van der Waals surface area contributed by atoms with Crippen molar-refractivity contribution in [2.75, 3.05) is 11.4 Å². The highest BCUT2D eigenvalue weighted by Gasteiger charge is 2.28. The summed E-state index contributed by atoms with van der Waals surface area (Å²) >= 11 is 0. The molecule has 2 rings (SSSR count). The summed E-state index contributed by atoms with van der Waals surface area (Å²) in [6.45, 7) is 7.95. The fraction of sp³-hybridized carbons (Fsp3) is 0.667. The summed E-state index contributed by atoms with van der Waals surface area (Å²) in [7, 11) is 0. The minimum Gasteiger partial charge on any atom is -0.369 e. The first-order valence-corrected chi connectivity index (χ1v) is 8.21. The molecule has 0 radical (unpaired) electrons. The van der Waals surface area contributed by atoms with Crippen molar-refractivity contribution in [1.29, 1.82) is 0 Å². The predicted molar refractivity (Wildman–Crippen MR) is 88.2 cm³/mol. The van der Waals surface area contributed by atoms with Gasteiger partial charge in [0.05, 0.1) is 0 Å². The second-order valence-corrected chi connectivity index (χ2v) is 6.65. The van der Waals surface area contributed by atoms with E-state index in [-0.39, 0.29) is 0 Å². The van der Waals surface area contributed by atoms with Gasteiger partial charge in [0, 0.05) is 24.3 Å².